The van der Waals surface area contributed by atoms with E-state index < -0.39 is 16.5 Å². The fraction of sp³-hybridized carbons (Fsp3) is 0.793. The summed E-state index contributed by atoms with van der Waals surface area (Å²) in [5.41, 5.74) is 2.90. The molecule has 0 amide bonds. The summed E-state index contributed by atoms with van der Waals surface area (Å²) in [6, 6.07) is 4.72. The zero-order chi connectivity index (χ0) is 24.2. The number of rotatable bonds is 8. The predicted octanol–water partition coefficient (Wildman–Crippen LogP) is 9.03. The third kappa shape index (κ3) is 6.79. The smallest absolute Gasteiger partial charge is 0.116 e. The summed E-state index contributed by atoms with van der Waals surface area (Å²) in [5, 5.41) is 10.1. The van der Waals surface area contributed by atoms with Crippen molar-refractivity contribution in [3.05, 3.63) is 28.8 Å². The Balaban J connectivity index is 1.77. The molecular formula is C29H48O4S. The molecule has 3 saturated carbocycles. The number of benzene rings is 1. The minimum atomic E-state index is -3.40. The topological polar surface area (TPSA) is 69.9 Å². The van der Waals surface area contributed by atoms with Crippen molar-refractivity contribution in [1.82, 2.24) is 0 Å². The maximum absolute atomic E-state index is 11.5. The molecule has 3 aliphatic carbocycles. The van der Waals surface area contributed by atoms with Crippen molar-refractivity contribution in [3.63, 3.8) is 0 Å². The molecule has 34 heavy (non-hydrogen) atoms. The molecule has 0 unspecified atom stereocenters. The van der Waals surface area contributed by atoms with Crippen molar-refractivity contribution in [1.29, 1.82) is 0 Å². The fourth-order valence-electron chi connectivity index (χ4n) is 6.58. The Hall–Kier alpha value is -0.590. The summed E-state index contributed by atoms with van der Waals surface area (Å²) in [7, 11) is -3.40. The van der Waals surface area contributed by atoms with Crippen LogP contribution in [-0.2, 0) is 4.18 Å². The van der Waals surface area contributed by atoms with Crippen LogP contribution < -0.4 is 0 Å². The van der Waals surface area contributed by atoms with Crippen molar-refractivity contribution >= 4 is 10.9 Å². The molecule has 194 valence electrons. The highest BCUT2D eigenvalue weighted by atomic mass is 32.3. The Morgan fingerprint density at radius 2 is 1.15 bits per heavy atom. The summed E-state index contributed by atoms with van der Waals surface area (Å²) < 4.78 is 29.0. The average Bonchev–Trinajstić information content (AvgIpc) is 2.84. The lowest BCUT2D eigenvalue weighted by Crippen LogP contribution is -2.23. The molecule has 3 N–H and O–H groups in total. The Morgan fingerprint density at radius 1 is 0.735 bits per heavy atom. The second-order valence-electron chi connectivity index (χ2n) is 11.9. The third-order valence-electron chi connectivity index (χ3n) is 8.56. The largest absolute Gasteiger partial charge is 0.390 e. The third-order valence-corrected chi connectivity index (χ3v) is 10.1. The fourth-order valence-corrected chi connectivity index (χ4v) is 8.08. The van der Waals surface area contributed by atoms with Crippen LogP contribution in [0.1, 0.15) is 151 Å². The molecule has 3 aliphatic rings. The summed E-state index contributed by atoms with van der Waals surface area (Å²) >= 11 is 0. The van der Waals surface area contributed by atoms with Crippen LogP contribution in [0.25, 0.3) is 0 Å². The molecule has 3 fully saturated rings. The average molecular weight is 493 g/mol. The van der Waals surface area contributed by atoms with Gasteiger partial charge in [0, 0.05) is 6.42 Å². The highest BCUT2D eigenvalue weighted by Crippen LogP contribution is 2.58. The zero-order valence-electron chi connectivity index (χ0n) is 21.6. The molecule has 5 heteroatoms. The van der Waals surface area contributed by atoms with Crippen LogP contribution in [0.4, 0.5) is 0 Å². The first kappa shape index (κ1) is 26.5. The van der Waals surface area contributed by atoms with Crippen molar-refractivity contribution < 1.29 is 18.4 Å². The van der Waals surface area contributed by atoms with E-state index in [0.29, 0.717) is 24.2 Å². The molecule has 0 aliphatic heterocycles. The molecule has 0 atom stereocenters. The number of hydrogen-bond acceptors (Lipinski definition) is 4. The van der Waals surface area contributed by atoms with Crippen molar-refractivity contribution in [3.8, 4) is 0 Å². The van der Waals surface area contributed by atoms with E-state index in [4.69, 9.17) is 4.18 Å². The lowest BCUT2D eigenvalue weighted by Gasteiger charge is -2.38. The molecule has 1 aromatic rings. The lowest BCUT2D eigenvalue weighted by atomic mass is 9.76. The SMILES string of the molecule is CC(C)(O)CCOS(O)(O)c1c(C2CCCCC2)cc(C2CCCCC2)cc1C1CCCCC1. The van der Waals surface area contributed by atoms with Crippen molar-refractivity contribution in [2.75, 3.05) is 6.61 Å². The van der Waals surface area contributed by atoms with E-state index in [-0.39, 0.29) is 6.61 Å². The lowest BCUT2D eigenvalue weighted by molar-refractivity contribution is 0.0542. The summed E-state index contributed by atoms with van der Waals surface area (Å²) in [6.07, 6.45) is 18.8. The van der Waals surface area contributed by atoms with Gasteiger partial charge in [-0.2, -0.15) is 0 Å². The molecule has 0 radical (unpaired) electrons. The van der Waals surface area contributed by atoms with Crippen molar-refractivity contribution in [2.24, 2.45) is 0 Å². The number of hydrogen-bond donors (Lipinski definition) is 3. The van der Waals surface area contributed by atoms with Gasteiger partial charge in [-0.25, -0.2) is 0 Å². The Morgan fingerprint density at radius 3 is 1.56 bits per heavy atom. The first-order chi connectivity index (χ1) is 16.2. The van der Waals surface area contributed by atoms with Gasteiger partial charge in [-0.05, 0) is 86.8 Å². The van der Waals surface area contributed by atoms with Gasteiger partial charge in [0.1, 0.15) is 10.9 Å². The molecule has 0 bridgehead atoms. The number of aliphatic hydroxyl groups is 1. The van der Waals surface area contributed by atoms with Crippen LogP contribution in [-0.4, -0.2) is 26.4 Å². The molecule has 0 saturated heterocycles. The first-order valence-electron chi connectivity index (χ1n) is 14.1. The second kappa shape index (κ2) is 11.6. The van der Waals surface area contributed by atoms with E-state index in [1.807, 2.05) is 0 Å². The Labute approximate surface area is 209 Å². The Kier molecular flexibility index (Phi) is 9.06. The van der Waals surface area contributed by atoms with Gasteiger partial charge >= 0.3 is 0 Å². The maximum atomic E-state index is 11.5. The van der Waals surface area contributed by atoms with Gasteiger partial charge in [-0.15, -0.1) is 0 Å². The van der Waals surface area contributed by atoms with E-state index >= 15 is 0 Å². The molecule has 0 spiro atoms. The van der Waals surface area contributed by atoms with E-state index in [9.17, 15) is 14.2 Å². The van der Waals surface area contributed by atoms with Crippen LogP contribution in [0.5, 0.6) is 0 Å². The van der Waals surface area contributed by atoms with Gasteiger partial charge in [0.15, 0.2) is 0 Å². The summed E-state index contributed by atoms with van der Waals surface area (Å²) in [4.78, 5) is 0.724. The van der Waals surface area contributed by atoms with E-state index in [1.165, 1.54) is 87.3 Å². The van der Waals surface area contributed by atoms with Gasteiger partial charge in [-0.3, -0.25) is 4.18 Å². The van der Waals surface area contributed by atoms with Crippen molar-refractivity contribution in [2.45, 2.75) is 145 Å². The van der Waals surface area contributed by atoms with Crippen LogP contribution in [0, 0.1) is 0 Å². The second-order valence-corrected chi connectivity index (χ2v) is 13.6. The summed E-state index contributed by atoms with van der Waals surface area (Å²) in [5.74, 6) is 1.38. The molecule has 0 aromatic heterocycles. The standard InChI is InChI=1S/C29H48O4S/c1-29(2,30)18-19-33-34(31,32)28-26(23-14-8-4-9-15-23)20-25(22-12-6-3-7-13-22)21-27(28)24-16-10-5-11-17-24/h20-24,30-32H,3-19H2,1-2H3. The van der Waals surface area contributed by atoms with Gasteiger partial charge in [0.2, 0.25) is 0 Å². The van der Waals surface area contributed by atoms with Gasteiger partial charge in [0.05, 0.1) is 17.1 Å². The maximum Gasteiger partial charge on any atom is 0.116 e. The molecular weight excluding hydrogens is 444 g/mol. The monoisotopic (exact) mass is 492 g/mol. The minimum Gasteiger partial charge on any atom is -0.390 e. The zero-order valence-corrected chi connectivity index (χ0v) is 22.4. The highest BCUT2D eigenvalue weighted by Gasteiger charge is 2.36. The first-order valence-corrected chi connectivity index (χ1v) is 15.5. The quantitative estimate of drug-likeness (QED) is 0.338. The van der Waals surface area contributed by atoms with Crippen LogP contribution in [0.3, 0.4) is 0 Å². The van der Waals surface area contributed by atoms with Crippen LogP contribution in [0.2, 0.25) is 0 Å². The highest BCUT2D eigenvalue weighted by molar-refractivity contribution is 8.20. The Bertz CT molecular complexity index is 743. The van der Waals surface area contributed by atoms with Crippen LogP contribution >= 0.6 is 10.9 Å². The molecule has 1 aromatic carbocycles. The molecule has 4 rings (SSSR count). The predicted molar refractivity (Wildman–Crippen MR) is 142 cm³/mol. The summed E-state index contributed by atoms with van der Waals surface area (Å²) in [6.45, 7) is 3.62. The van der Waals surface area contributed by atoms with Gasteiger partial charge in [0.25, 0.3) is 0 Å². The minimum absolute atomic E-state index is 0.143. The normalized spacial score (nSPS) is 22.7. The molecule has 4 nitrogen and oxygen atoms in total. The van der Waals surface area contributed by atoms with E-state index in [1.54, 1.807) is 13.8 Å². The van der Waals surface area contributed by atoms with E-state index in [0.717, 1.165) is 30.6 Å². The van der Waals surface area contributed by atoms with Gasteiger partial charge in [-0.1, -0.05) is 69.9 Å². The molecule has 0 heterocycles. The van der Waals surface area contributed by atoms with Gasteiger partial charge < -0.3 is 14.2 Å². The van der Waals surface area contributed by atoms with E-state index in [2.05, 4.69) is 12.1 Å². The van der Waals surface area contributed by atoms with Crippen LogP contribution in [0.15, 0.2) is 17.0 Å².